The van der Waals surface area contributed by atoms with E-state index >= 15 is 0 Å². The smallest absolute Gasteiger partial charge is 0.419 e. The molecule has 0 radical (unpaired) electrons. The summed E-state index contributed by atoms with van der Waals surface area (Å²) >= 11 is 13.5. The maximum Gasteiger partial charge on any atom is 0.419 e. The van der Waals surface area contributed by atoms with Crippen molar-refractivity contribution in [3.63, 3.8) is 0 Å². The Balaban J connectivity index is 1.75. The van der Waals surface area contributed by atoms with Crippen LogP contribution in [0.5, 0.6) is 11.5 Å². The van der Waals surface area contributed by atoms with Crippen LogP contribution in [0.4, 0.5) is 18.9 Å². The molecule has 1 atom stereocenters. The average Bonchev–Trinajstić information content (AvgIpc) is 3.35. The Morgan fingerprint density at radius 1 is 1.14 bits per heavy atom. The van der Waals surface area contributed by atoms with Gasteiger partial charge in [0.25, 0.3) is 10.0 Å². The van der Waals surface area contributed by atoms with E-state index in [-0.39, 0.29) is 24.8 Å². The fourth-order valence-electron chi connectivity index (χ4n) is 3.88. The summed E-state index contributed by atoms with van der Waals surface area (Å²) in [5.41, 5.74) is -1.40. The van der Waals surface area contributed by atoms with Crippen LogP contribution in [0.1, 0.15) is 18.9 Å². The number of anilines is 1. The predicted octanol–water partition coefficient (Wildman–Crippen LogP) is 6.68. The number of methoxy groups -OCH3 is 1. The lowest BCUT2D eigenvalue weighted by molar-refractivity contribution is -0.139. The number of hydrogen-bond donors (Lipinski definition) is 2. The molecule has 0 amide bonds. The van der Waals surface area contributed by atoms with E-state index < -0.39 is 33.1 Å². The first-order chi connectivity index (χ1) is 16.8. The first-order valence-electron chi connectivity index (χ1n) is 10.6. The van der Waals surface area contributed by atoms with E-state index in [1.807, 2.05) is 0 Å². The van der Waals surface area contributed by atoms with Crippen molar-refractivity contribution in [1.82, 2.24) is 5.32 Å². The number of hydrogen-bond acceptors (Lipinski definition) is 6. The second-order valence-corrected chi connectivity index (χ2v) is 12.2. The van der Waals surface area contributed by atoms with Crippen LogP contribution in [0.2, 0.25) is 8.67 Å². The minimum absolute atomic E-state index is 0.0988. The number of benzene rings is 2. The Kier molecular flexibility index (Phi) is 7.42. The zero-order valence-corrected chi connectivity index (χ0v) is 22.1. The topological polar surface area (TPSA) is 76.7 Å². The molecular weight excluding hydrogens is 560 g/mol. The van der Waals surface area contributed by atoms with Crippen LogP contribution in [-0.4, -0.2) is 34.2 Å². The molecule has 1 aliphatic rings. The molecule has 1 aliphatic heterocycles. The molecule has 6 nitrogen and oxygen atoms in total. The predicted molar refractivity (Wildman–Crippen MR) is 135 cm³/mol. The van der Waals surface area contributed by atoms with E-state index in [0.29, 0.717) is 30.8 Å². The van der Waals surface area contributed by atoms with E-state index in [4.69, 9.17) is 32.7 Å². The number of ether oxygens (including phenoxy) is 2. The van der Waals surface area contributed by atoms with E-state index in [9.17, 15) is 21.6 Å². The van der Waals surface area contributed by atoms with Crippen molar-refractivity contribution in [1.29, 1.82) is 0 Å². The molecule has 0 bridgehead atoms. The number of alkyl halides is 3. The number of rotatable bonds is 7. The van der Waals surface area contributed by atoms with Crippen LogP contribution < -0.4 is 19.5 Å². The summed E-state index contributed by atoms with van der Waals surface area (Å²) in [7, 11) is -2.91. The zero-order valence-electron chi connectivity index (χ0n) is 19.0. The van der Waals surface area contributed by atoms with Gasteiger partial charge >= 0.3 is 6.18 Å². The monoisotopic (exact) mass is 580 g/mol. The van der Waals surface area contributed by atoms with E-state index in [1.165, 1.54) is 7.11 Å². The quantitative estimate of drug-likeness (QED) is 0.326. The summed E-state index contributed by atoms with van der Waals surface area (Å²) in [6.07, 6.45) is -4.20. The molecule has 3 aromatic rings. The molecule has 2 aromatic carbocycles. The first kappa shape index (κ1) is 26.9. The van der Waals surface area contributed by atoms with Gasteiger partial charge in [0.15, 0.2) is 0 Å². The number of thiophene rings is 1. The molecule has 0 aliphatic carbocycles. The second-order valence-electron chi connectivity index (χ2n) is 8.38. The molecule has 0 spiro atoms. The molecule has 1 saturated heterocycles. The Labute approximate surface area is 220 Å². The summed E-state index contributed by atoms with van der Waals surface area (Å²) in [6.45, 7) is 2.64. The molecule has 36 heavy (non-hydrogen) atoms. The summed E-state index contributed by atoms with van der Waals surface area (Å²) in [5.74, 6) is -0.00186. The van der Waals surface area contributed by atoms with Crippen molar-refractivity contribution in [2.75, 3.05) is 24.9 Å². The molecule has 13 heteroatoms. The minimum Gasteiger partial charge on any atom is -0.497 e. The molecule has 1 fully saturated rings. The Morgan fingerprint density at radius 2 is 1.89 bits per heavy atom. The van der Waals surface area contributed by atoms with Gasteiger partial charge in [-0.05, 0) is 43.3 Å². The third-order valence-corrected chi connectivity index (χ3v) is 8.93. The van der Waals surface area contributed by atoms with Gasteiger partial charge in [0, 0.05) is 24.6 Å². The lowest BCUT2D eigenvalue weighted by atomic mass is 10.1. The second kappa shape index (κ2) is 9.94. The molecule has 194 valence electrons. The summed E-state index contributed by atoms with van der Waals surface area (Å²) < 4.78 is 81.2. The third-order valence-electron chi connectivity index (χ3n) is 5.63. The van der Waals surface area contributed by atoms with Gasteiger partial charge in [-0.1, -0.05) is 35.3 Å². The highest BCUT2D eigenvalue weighted by atomic mass is 35.5. The van der Waals surface area contributed by atoms with Crippen molar-refractivity contribution in [3.8, 4) is 22.6 Å². The van der Waals surface area contributed by atoms with Crippen LogP contribution in [0.25, 0.3) is 11.1 Å². The fourth-order valence-corrected chi connectivity index (χ4v) is 7.56. The van der Waals surface area contributed by atoms with Gasteiger partial charge in [-0.25, -0.2) is 8.42 Å². The van der Waals surface area contributed by atoms with Crippen molar-refractivity contribution in [3.05, 3.63) is 56.7 Å². The van der Waals surface area contributed by atoms with Gasteiger partial charge in [-0.2, -0.15) is 13.2 Å². The van der Waals surface area contributed by atoms with Crippen molar-refractivity contribution >= 4 is 50.2 Å². The SMILES string of the molecule is COc1cccc(-c2c(Cl)sc(Cl)c2S(=O)(=O)Nc2ccc(C(F)(F)F)c(O[C@]3(C)CCNC3)c2)c1. The van der Waals surface area contributed by atoms with Gasteiger partial charge in [-0.15, -0.1) is 11.3 Å². The summed E-state index contributed by atoms with van der Waals surface area (Å²) in [6, 6.07) is 9.42. The van der Waals surface area contributed by atoms with E-state index in [2.05, 4.69) is 10.0 Å². The highest BCUT2D eigenvalue weighted by Crippen LogP contribution is 2.47. The number of sulfonamides is 1. The number of halogens is 5. The fraction of sp³-hybridized carbons (Fsp3) is 0.304. The van der Waals surface area contributed by atoms with E-state index in [0.717, 1.165) is 29.5 Å². The third kappa shape index (κ3) is 5.55. The van der Waals surface area contributed by atoms with Crippen molar-refractivity contribution in [2.24, 2.45) is 0 Å². The molecule has 1 aromatic heterocycles. The molecule has 0 unspecified atom stereocenters. The standard InChI is InChI=1S/C23H21Cl2F3N2O4S2/c1-22(8-9-29-12-22)34-17-11-14(6-7-16(17)23(26,27)28)30-36(31,32)19-18(20(24)35-21(19)25)13-4-3-5-15(10-13)33-2/h3-7,10-11,29-30H,8-9,12H2,1-2H3/t22-/m1/s1. The highest BCUT2D eigenvalue weighted by Gasteiger charge is 2.38. The van der Waals surface area contributed by atoms with Gasteiger partial charge in [0.2, 0.25) is 0 Å². The normalized spacial score (nSPS) is 18.3. The van der Waals surface area contributed by atoms with Crippen LogP contribution >= 0.6 is 34.5 Å². The van der Waals surface area contributed by atoms with E-state index in [1.54, 1.807) is 31.2 Å². The number of nitrogens with one attached hydrogen (secondary N) is 2. The Hall–Kier alpha value is -2.18. The minimum atomic E-state index is -4.70. The molecular formula is C23H21Cl2F3N2O4S2. The maximum absolute atomic E-state index is 13.7. The van der Waals surface area contributed by atoms with Crippen LogP contribution in [0, 0.1) is 0 Å². The zero-order chi connectivity index (χ0) is 26.3. The summed E-state index contributed by atoms with van der Waals surface area (Å²) in [4.78, 5) is -0.290. The van der Waals surface area contributed by atoms with Crippen molar-refractivity contribution < 1.29 is 31.1 Å². The first-order valence-corrected chi connectivity index (χ1v) is 13.6. The van der Waals surface area contributed by atoms with Crippen LogP contribution in [-0.2, 0) is 16.2 Å². The lowest BCUT2D eigenvalue weighted by Gasteiger charge is -2.27. The molecule has 4 rings (SSSR count). The average molecular weight is 581 g/mol. The molecule has 2 heterocycles. The van der Waals surface area contributed by atoms with Crippen LogP contribution in [0.3, 0.4) is 0 Å². The Morgan fingerprint density at radius 3 is 2.53 bits per heavy atom. The lowest BCUT2D eigenvalue weighted by Crippen LogP contribution is -2.35. The van der Waals surface area contributed by atoms with Gasteiger partial charge in [-0.3, -0.25) is 4.72 Å². The van der Waals surface area contributed by atoms with Gasteiger partial charge in [0.1, 0.15) is 30.7 Å². The van der Waals surface area contributed by atoms with Gasteiger partial charge < -0.3 is 14.8 Å². The van der Waals surface area contributed by atoms with Gasteiger partial charge in [0.05, 0.1) is 18.4 Å². The highest BCUT2D eigenvalue weighted by molar-refractivity contribution is 7.93. The van der Waals surface area contributed by atoms with Crippen LogP contribution in [0.15, 0.2) is 47.4 Å². The summed E-state index contributed by atoms with van der Waals surface area (Å²) in [5, 5.41) is 3.05. The Bertz CT molecular complexity index is 1390. The largest absolute Gasteiger partial charge is 0.497 e. The molecule has 2 N–H and O–H groups in total. The molecule has 0 saturated carbocycles. The van der Waals surface area contributed by atoms with Crippen molar-refractivity contribution in [2.45, 2.75) is 30.0 Å². The maximum atomic E-state index is 13.7.